The van der Waals surface area contributed by atoms with Crippen LogP contribution < -0.4 is 4.90 Å². The molecule has 3 nitrogen and oxygen atoms in total. The number of anilines is 1. The standard InChI is InChI=1S/C9H12N2O/c12-7-8-5-11(6-8)9-3-1-2-4-10-9/h1-4,8,12H,5-7H2. The van der Waals surface area contributed by atoms with Gasteiger partial charge in [0, 0.05) is 31.8 Å². The lowest BCUT2D eigenvalue weighted by Gasteiger charge is -2.39. The highest BCUT2D eigenvalue weighted by atomic mass is 16.3. The summed E-state index contributed by atoms with van der Waals surface area (Å²) in [6, 6.07) is 5.88. The van der Waals surface area contributed by atoms with Gasteiger partial charge in [-0.2, -0.15) is 0 Å². The van der Waals surface area contributed by atoms with Crippen LogP contribution in [-0.2, 0) is 0 Å². The zero-order chi connectivity index (χ0) is 8.39. The van der Waals surface area contributed by atoms with Crippen molar-refractivity contribution < 1.29 is 5.11 Å². The summed E-state index contributed by atoms with van der Waals surface area (Å²) in [5.41, 5.74) is 0. The smallest absolute Gasteiger partial charge is 0.128 e. The Morgan fingerprint density at radius 1 is 1.50 bits per heavy atom. The van der Waals surface area contributed by atoms with Crippen LogP contribution in [-0.4, -0.2) is 29.8 Å². The second-order valence-corrected chi connectivity index (χ2v) is 3.14. The third-order valence-corrected chi connectivity index (χ3v) is 2.19. The van der Waals surface area contributed by atoms with Crippen LogP contribution in [0.5, 0.6) is 0 Å². The molecule has 1 aromatic heterocycles. The summed E-state index contributed by atoms with van der Waals surface area (Å²) in [6.45, 7) is 2.17. The summed E-state index contributed by atoms with van der Waals surface area (Å²) in [4.78, 5) is 6.38. The van der Waals surface area contributed by atoms with Crippen LogP contribution in [0.4, 0.5) is 5.82 Å². The van der Waals surface area contributed by atoms with Crippen LogP contribution in [0.25, 0.3) is 0 Å². The first kappa shape index (κ1) is 7.55. The third kappa shape index (κ3) is 1.28. The van der Waals surface area contributed by atoms with E-state index in [1.54, 1.807) is 6.20 Å². The molecular formula is C9H12N2O. The number of pyridine rings is 1. The first-order chi connectivity index (χ1) is 5.90. The topological polar surface area (TPSA) is 36.4 Å². The molecule has 0 spiro atoms. The molecule has 0 radical (unpaired) electrons. The Hall–Kier alpha value is -1.09. The van der Waals surface area contributed by atoms with E-state index in [2.05, 4.69) is 9.88 Å². The quantitative estimate of drug-likeness (QED) is 0.692. The summed E-state index contributed by atoms with van der Waals surface area (Å²) in [5.74, 6) is 1.47. The number of hydrogen-bond acceptors (Lipinski definition) is 3. The summed E-state index contributed by atoms with van der Waals surface area (Å²) < 4.78 is 0. The van der Waals surface area contributed by atoms with E-state index in [-0.39, 0.29) is 0 Å². The van der Waals surface area contributed by atoms with Gasteiger partial charge in [0.05, 0.1) is 0 Å². The van der Waals surface area contributed by atoms with Gasteiger partial charge in [0.15, 0.2) is 0 Å². The maximum atomic E-state index is 8.80. The average molecular weight is 164 g/mol. The SMILES string of the molecule is OCC1CN(c2ccccn2)C1. The molecule has 1 aliphatic rings. The molecule has 0 amide bonds. The van der Waals surface area contributed by atoms with Gasteiger partial charge >= 0.3 is 0 Å². The predicted molar refractivity (Wildman–Crippen MR) is 47.0 cm³/mol. The molecule has 0 aliphatic carbocycles. The Morgan fingerprint density at radius 2 is 2.33 bits per heavy atom. The number of rotatable bonds is 2. The summed E-state index contributed by atoms with van der Waals surface area (Å²) in [5, 5.41) is 8.80. The van der Waals surface area contributed by atoms with Crippen molar-refractivity contribution in [2.75, 3.05) is 24.6 Å². The fourth-order valence-corrected chi connectivity index (χ4v) is 1.41. The van der Waals surface area contributed by atoms with Gasteiger partial charge in [-0.3, -0.25) is 0 Å². The lowest BCUT2D eigenvalue weighted by Crippen LogP contribution is -2.48. The molecule has 0 aromatic carbocycles. The Kier molecular flexibility index (Phi) is 1.96. The van der Waals surface area contributed by atoms with E-state index in [1.807, 2.05) is 18.2 Å². The van der Waals surface area contributed by atoms with Crippen molar-refractivity contribution in [3.63, 3.8) is 0 Å². The van der Waals surface area contributed by atoms with E-state index >= 15 is 0 Å². The van der Waals surface area contributed by atoms with Crippen molar-refractivity contribution in [3.8, 4) is 0 Å². The molecule has 1 aromatic rings. The molecule has 1 fully saturated rings. The van der Waals surface area contributed by atoms with Gasteiger partial charge in [-0.25, -0.2) is 4.98 Å². The van der Waals surface area contributed by atoms with Crippen molar-refractivity contribution in [3.05, 3.63) is 24.4 Å². The molecule has 2 heterocycles. The predicted octanol–water partition coefficient (Wildman–Crippen LogP) is 0.510. The molecular weight excluding hydrogens is 152 g/mol. The first-order valence-corrected chi connectivity index (χ1v) is 4.17. The van der Waals surface area contributed by atoms with Crippen LogP contribution in [0.1, 0.15) is 0 Å². The second kappa shape index (κ2) is 3.11. The Balaban J connectivity index is 1.97. The number of aliphatic hydroxyl groups excluding tert-OH is 1. The lowest BCUT2D eigenvalue weighted by molar-refractivity contribution is 0.200. The molecule has 3 heteroatoms. The Bertz CT molecular complexity index is 244. The van der Waals surface area contributed by atoms with Gasteiger partial charge in [-0.05, 0) is 12.1 Å². The van der Waals surface area contributed by atoms with Crippen molar-refractivity contribution >= 4 is 5.82 Å². The van der Waals surface area contributed by atoms with Gasteiger partial charge < -0.3 is 10.0 Å². The molecule has 1 N–H and O–H groups in total. The summed E-state index contributed by atoms with van der Waals surface area (Å²) >= 11 is 0. The summed E-state index contributed by atoms with van der Waals surface area (Å²) in [7, 11) is 0. The largest absolute Gasteiger partial charge is 0.396 e. The van der Waals surface area contributed by atoms with Gasteiger partial charge in [0.1, 0.15) is 5.82 Å². The number of hydrogen-bond donors (Lipinski definition) is 1. The third-order valence-electron chi connectivity index (χ3n) is 2.19. The number of aliphatic hydroxyl groups is 1. The molecule has 0 bridgehead atoms. The molecule has 1 aliphatic heterocycles. The number of aromatic nitrogens is 1. The monoisotopic (exact) mass is 164 g/mol. The zero-order valence-electron chi connectivity index (χ0n) is 6.85. The maximum Gasteiger partial charge on any atom is 0.128 e. The molecule has 64 valence electrons. The van der Waals surface area contributed by atoms with E-state index in [0.717, 1.165) is 18.9 Å². The van der Waals surface area contributed by atoms with Crippen LogP contribution in [0.3, 0.4) is 0 Å². The maximum absolute atomic E-state index is 8.80. The Morgan fingerprint density at radius 3 is 2.92 bits per heavy atom. The van der Waals surface area contributed by atoms with Crippen molar-refractivity contribution in [1.29, 1.82) is 0 Å². The highest BCUT2D eigenvalue weighted by Crippen LogP contribution is 2.21. The average Bonchev–Trinajstić information content (AvgIpc) is 2.04. The van der Waals surface area contributed by atoms with Gasteiger partial charge in [-0.1, -0.05) is 6.07 Å². The molecule has 0 unspecified atom stereocenters. The molecule has 2 rings (SSSR count). The van der Waals surface area contributed by atoms with Crippen LogP contribution in [0.15, 0.2) is 24.4 Å². The van der Waals surface area contributed by atoms with E-state index < -0.39 is 0 Å². The summed E-state index contributed by atoms with van der Waals surface area (Å²) in [6.07, 6.45) is 1.79. The van der Waals surface area contributed by atoms with Crippen molar-refractivity contribution in [2.45, 2.75) is 0 Å². The normalized spacial score (nSPS) is 17.6. The van der Waals surface area contributed by atoms with Crippen molar-refractivity contribution in [1.82, 2.24) is 4.98 Å². The highest BCUT2D eigenvalue weighted by molar-refractivity contribution is 5.40. The first-order valence-electron chi connectivity index (χ1n) is 4.17. The van der Waals surface area contributed by atoms with Crippen molar-refractivity contribution in [2.24, 2.45) is 5.92 Å². The zero-order valence-corrected chi connectivity index (χ0v) is 6.85. The van der Waals surface area contributed by atoms with E-state index in [4.69, 9.17) is 5.11 Å². The minimum atomic E-state index is 0.295. The molecule has 12 heavy (non-hydrogen) atoms. The van der Waals surface area contributed by atoms with E-state index in [0.29, 0.717) is 12.5 Å². The van der Waals surface area contributed by atoms with Gasteiger partial charge in [0.2, 0.25) is 0 Å². The minimum absolute atomic E-state index is 0.295. The molecule has 0 saturated carbocycles. The minimum Gasteiger partial charge on any atom is -0.396 e. The molecule has 0 atom stereocenters. The fraction of sp³-hybridized carbons (Fsp3) is 0.444. The Labute approximate surface area is 71.7 Å². The van der Waals surface area contributed by atoms with E-state index in [9.17, 15) is 0 Å². The van der Waals surface area contributed by atoms with Gasteiger partial charge in [-0.15, -0.1) is 0 Å². The van der Waals surface area contributed by atoms with Crippen LogP contribution in [0, 0.1) is 5.92 Å². The van der Waals surface area contributed by atoms with Crippen LogP contribution in [0.2, 0.25) is 0 Å². The van der Waals surface area contributed by atoms with Crippen LogP contribution >= 0.6 is 0 Å². The number of nitrogens with zero attached hydrogens (tertiary/aromatic N) is 2. The molecule has 1 saturated heterocycles. The van der Waals surface area contributed by atoms with Gasteiger partial charge in [0.25, 0.3) is 0 Å². The fourth-order valence-electron chi connectivity index (χ4n) is 1.41. The highest BCUT2D eigenvalue weighted by Gasteiger charge is 2.26. The van der Waals surface area contributed by atoms with E-state index in [1.165, 1.54) is 0 Å². The second-order valence-electron chi connectivity index (χ2n) is 3.14. The lowest BCUT2D eigenvalue weighted by atomic mass is 10.0.